The lowest BCUT2D eigenvalue weighted by molar-refractivity contribution is 0.288. The van der Waals surface area contributed by atoms with E-state index >= 15 is 0 Å². The van der Waals surface area contributed by atoms with Crippen LogP contribution in [0.15, 0.2) is 30.0 Å². The minimum atomic E-state index is 0.452. The van der Waals surface area contributed by atoms with Crippen LogP contribution in [-0.4, -0.2) is 9.78 Å². The quantitative estimate of drug-likeness (QED) is 0.496. The molecule has 1 heterocycles. The summed E-state index contributed by atoms with van der Waals surface area (Å²) in [5, 5.41) is 4.46. The third-order valence-corrected chi connectivity index (χ3v) is 5.44. The van der Waals surface area contributed by atoms with Crippen LogP contribution in [0.25, 0.3) is 0 Å². The van der Waals surface area contributed by atoms with E-state index in [-0.39, 0.29) is 0 Å². The van der Waals surface area contributed by atoms with Gasteiger partial charge in [0.25, 0.3) is 0 Å². The van der Waals surface area contributed by atoms with Crippen LogP contribution < -0.4 is 4.74 Å². The summed E-state index contributed by atoms with van der Waals surface area (Å²) < 4.78 is 11.7. The number of halogens is 4. The van der Waals surface area contributed by atoms with Crippen molar-refractivity contribution in [2.45, 2.75) is 27.0 Å². The van der Waals surface area contributed by atoms with Crippen LogP contribution in [0.3, 0.4) is 0 Å². The monoisotopic (exact) mass is 528 g/mol. The molecule has 0 atom stereocenters. The number of hydrogen-bond donors (Lipinski definition) is 0. The van der Waals surface area contributed by atoms with E-state index in [1.165, 1.54) is 0 Å². The minimum absolute atomic E-state index is 0.452. The van der Waals surface area contributed by atoms with Crippen LogP contribution in [-0.2, 0) is 13.2 Å². The van der Waals surface area contributed by atoms with E-state index in [0.29, 0.717) is 6.61 Å². The lowest BCUT2D eigenvalue weighted by Gasteiger charge is -2.12. The minimum Gasteiger partial charge on any atom is -0.485 e. The molecule has 1 aromatic carbocycles. The molecule has 2 rings (SSSR count). The fourth-order valence-electron chi connectivity index (χ4n) is 1.81. The van der Waals surface area contributed by atoms with E-state index in [9.17, 15) is 0 Å². The van der Waals surface area contributed by atoms with Crippen molar-refractivity contribution in [3.05, 3.63) is 41.4 Å². The van der Waals surface area contributed by atoms with E-state index < -0.39 is 0 Å². The molecule has 0 radical (unpaired) electrons. The fourth-order valence-corrected chi connectivity index (χ4v) is 4.70. The number of benzene rings is 1. The summed E-state index contributed by atoms with van der Waals surface area (Å²) in [7, 11) is 0. The van der Waals surface area contributed by atoms with Crippen LogP contribution >= 0.6 is 63.7 Å². The summed E-state index contributed by atoms with van der Waals surface area (Å²) >= 11 is 14.0. The highest BCUT2D eigenvalue weighted by Crippen LogP contribution is 2.37. The van der Waals surface area contributed by atoms with Gasteiger partial charge in [0.05, 0.1) is 24.8 Å². The van der Waals surface area contributed by atoms with Gasteiger partial charge >= 0.3 is 0 Å². The highest BCUT2D eigenvalue weighted by atomic mass is 79.9. The first-order valence-corrected chi connectivity index (χ1v) is 9.10. The van der Waals surface area contributed by atoms with Gasteiger partial charge in [-0.15, -0.1) is 0 Å². The first-order valence-electron chi connectivity index (χ1n) is 5.93. The normalized spacial score (nSPS) is 10.9. The van der Waals surface area contributed by atoms with Crippen LogP contribution in [0.1, 0.15) is 18.3 Å². The predicted octanol–water partition coefficient (Wildman–Crippen LogP) is 5.84. The number of aromatic nitrogens is 2. The molecule has 0 aliphatic carbocycles. The van der Waals surface area contributed by atoms with Crippen molar-refractivity contribution in [1.29, 1.82) is 0 Å². The molecule has 7 heteroatoms. The standard InChI is InChI=1S/C13H12Br4N2O/c1-3-19-11(12(17)7(2)18-19)6-20-13-9(15)4-8(14)5-10(13)16/h4-5H,3,6H2,1-2H3. The Bertz CT molecular complexity index is 617. The SMILES string of the molecule is CCn1nc(C)c(Br)c1COc1c(Br)cc(Br)cc1Br. The van der Waals surface area contributed by atoms with Crippen molar-refractivity contribution in [3.63, 3.8) is 0 Å². The molecule has 0 bridgehead atoms. The summed E-state index contributed by atoms with van der Waals surface area (Å²) in [5.41, 5.74) is 2.01. The highest BCUT2D eigenvalue weighted by Gasteiger charge is 2.15. The molecular weight excluding hydrogens is 520 g/mol. The number of nitrogens with zero attached hydrogens (tertiary/aromatic N) is 2. The number of rotatable bonds is 4. The zero-order valence-corrected chi connectivity index (χ0v) is 17.2. The van der Waals surface area contributed by atoms with Crippen LogP contribution in [0.5, 0.6) is 5.75 Å². The number of hydrogen-bond acceptors (Lipinski definition) is 2. The first-order chi connectivity index (χ1) is 9.43. The summed E-state index contributed by atoms with van der Waals surface area (Å²) in [6.07, 6.45) is 0. The van der Waals surface area contributed by atoms with Gasteiger partial charge in [-0.1, -0.05) is 15.9 Å². The third-order valence-electron chi connectivity index (χ3n) is 2.77. The number of aryl methyl sites for hydroxylation is 2. The maximum Gasteiger partial charge on any atom is 0.148 e. The van der Waals surface area contributed by atoms with Gasteiger partial charge in [0.2, 0.25) is 0 Å². The highest BCUT2D eigenvalue weighted by molar-refractivity contribution is 9.11. The topological polar surface area (TPSA) is 27.1 Å². The average Bonchev–Trinajstić information content (AvgIpc) is 2.64. The molecule has 1 aromatic heterocycles. The average molecular weight is 532 g/mol. The summed E-state index contributed by atoms with van der Waals surface area (Å²) in [5.74, 6) is 0.779. The van der Waals surface area contributed by atoms with Crippen LogP contribution in [0.4, 0.5) is 0 Å². The maximum atomic E-state index is 5.94. The Hall–Kier alpha value is 0.150. The summed E-state index contributed by atoms with van der Waals surface area (Å²) in [6.45, 7) is 5.31. The van der Waals surface area contributed by atoms with Crippen molar-refractivity contribution < 1.29 is 4.74 Å². The van der Waals surface area contributed by atoms with E-state index in [0.717, 1.165) is 41.6 Å². The molecule has 0 aliphatic heterocycles. The lowest BCUT2D eigenvalue weighted by atomic mass is 10.3. The van der Waals surface area contributed by atoms with Gasteiger partial charge in [0, 0.05) is 11.0 Å². The predicted molar refractivity (Wildman–Crippen MR) is 94.2 cm³/mol. The zero-order chi connectivity index (χ0) is 14.9. The Labute approximate surface area is 151 Å². The van der Waals surface area contributed by atoms with Gasteiger partial charge in [0.15, 0.2) is 0 Å². The zero-order valence-electron chi connectivity index (χ0n) is 10.9. The molecule has 0 amide bonds. The van der Waals surface area contributed by atoms with Crippen molar-refractivity contribution >= 4 is 63.7 Å². The summed E-state index contributed by atoms with van der Waals surface area (Å²) in [4.78, 5) is 0. The molecule has 0 fully saturated rings. The molecule has 0 saturated heterocycles. The smallest absolute Gasteiger partial charge is 0.148 e. The maximum absolute atomic E-state index is 5.94. The van der Waals surface area contributed by atoms with Crippen molar-refractivity contribution in [1.82, 2.24) is 9.78 Å². The molecule has 0 spiro atoms. The number of ether oxygens (including phenoxy) is 1. The molecular formula is C13H12Br4N2O. The molecule has 0 unspecified atom stereocenters. The van der Waals surface area contributed by atoms with Crippen molar-refractivity contribution in [2.75, 3.05) is 0 Å². The lowest BCUT2D eigenvalue weighted by Crippen LogP contribution is -2.07. The molecule has 3 nitrogen and oxygen atoms in total. The Morgan fingerprint density at radius 1 is 1.15 bits per heavy atom. The van der Waals surface area contributed by atoms with Crippen LogP contribution in [0, 0.1) is 6.92 Å². The van der Waals surface area contributed by atoms with E-state index in [1.807, 2.05) is 23.7 Å². The largest absolute Gasteiger partial charge is 0.485 e. The second kappa shape index (κ2) is 6.94. The Kier molecular flexibility index (Phi) is 5.73. The third kappa shape index (κ3) is 3.48. The van der Waals surface area contributed by atoms with Gasteiger partial charge in [-0.3, -0.25) is 4.68 Å². The van der Waals surface area contributed by atoms with Crippen molar-refractivity contribution in [3.8, 4) is 5.75 Å². The molecule has 20 heavy (non-hydrogen) atoms. The van der Waals surface area contributed by atoms with E-state index in [2.05, 4.69) is 75.7 Å². The Morgan fingerprint density at radius 2 is 1.75 bits per heavy atom. The van der Waals surface area contributed by atoms with Crippen LogP contribution in [0.2, 0.25) is 0 Å². The Balaban J connectivity index is 2.26. The van der Waals surface area contributed by atoms with Gasteiger partial charge < -0.3 is 4.74 Å². The van der Waals surface area contributed by atoms with Gasteiger partial charge in [0.1, 0.15) is 12.4 Å². The summed E-state index contributed by atoms with van der Waals surface area (Å²) in [6, 6.07) is 3.91. The molecule has 0 aliphatic rings. The molecule has 2 aromatic rings. The van der Waals surface area contributed by atoms with Gasteiger partial charge in [-0.2, -0.15) is 5.10 Å². The Morgan fingerprint density at radius 3 is 2.30 bits per heavy atom. The second-order valence-corrected chi connectivity index (χ2v) is 7.57. The molecule has 108 valence electrons. The van der Waals surface area contributed by atoms with E-state index in [1.54, 1.807) is 0 Å². The van der Waals surface area contributed by atoms with Gasteiger partial charge in [-0.05, 0) is 73.8 Å². The fraction of sp³-hybridized carbons (Fsp3) is 0.308. The van der Waals surface area contributed by atoms with E-state index in [4.69, 9.17) is 4.74 Å². The molecule has 0 N–H and O–H groups in total. The first kappa shape index (κ1) is 16.5. The van der Waals surface area contributed by atoms with Crippen molar-refractivity contribution in [2.24, 2.45) is 0 Å². The second-order valence-electron chi connectivity index (χ2n) is 4.15. The van der Waals surface area contributed by atoms with Gasteiger partial charge in [-0.25, -0.2) is 0 Å². The molecule has 0 saturated carbocycles.